The van der Waals surface area contributed by atoms with E-state index < -0.39 is 17.8 Å². The van der Waals surface area contributed by atoms with Gasteiger partial charge in [-0.15, -0.1) is 0 Å². The SMILES string of the molecule is COC(=O)C1=C(C)N=c2s/c(=C\c3cccc(Br)c3)c(=O)n2[C@H]1c1ccccc1F. The van der Waals surface area contributed by atoms with Crippen LogP contribution in [0.4, 0.5) is 4.39 Å². The van der Waals surface area contributed by atoms with Gasteiger partial charge in [0.15, 0.2) is 4.80 Å². The van der Waals surface area contributed by atoms with Crippen molar-refractivity contribution in [2.24, 2.45) is 4.99 Å². The molecule has 0 unspecified atom stereocenters. The molecule has 0 radical (unpaired) electrons. The molecule has 152 valence electrons. The summed E-state index contributed by atoms with van der Waals surface area (Å²) in [6.45, 7) is 1.66. The van der Waals surface area contributed by atoms with Gasteiger partial charge in [-0.1, -0.05) is 57.6 Å². The molecule has 0 amide bonds. The number of carbonyl (C=O) groups is 1. The number of carbonyl (C=O) groups excluding carboxylic acids is 1. The fourth-order valence-corrected chi connectivity index (χ4v) is 4.90. The summed E-state index contributed by atoms with van der Waals surface area (Å²) >= 11 is 4.62. The quantitative estimate of drug-likeness (QED) is 0.533. The first kappa shape index (κ1) is 20.4. The minimum absolute atomic E-state index is 0.143. The molecule has 2 aromatic carbocycles. The normalized spacial score (nSPS) is 16.3. The molecule has 0 saturated carbocycles. The summed E-state index contributed by atoms with van der Waals surface area (Å²) in [4.78, 5) is 30.7. The van der Waals surface area contributed by atoms with Crippen LogP contribution >= 0.6 is 27.3 Å². The van der Waals surface area contributed by atoms with Gasteiger partial charge in [0.2, 0.25) is 0 Å². The third-order valence-electron chi connectivity index (χ3n) is 4.77. The summed E-state index contributed by atoms with van der Waals surface area (Å²) in [6.07, 6.45) is 1.75. The van der Waals surface area contributed by atoms with Crippen LogP contribution in [-0.4, -0.2) is 17.6 Å². The van der Waals surface area contributed by atoms with Gasteiger partial charge in [-0.3, -0.25) is 9.36 Å². The van der Waals surface area contributed by atoms with E-state index in [9.17, 15) is 14.0 Å². The highest BCUT2D eigenvalue weighted by Gasteiger charge is 2.34. The van der Waals surface area contributed by atoms with Gasteiger partial charge in [0.05, 0.1) is 22.9 Å². The van der Waals surface area contributed by atoms with Crippen LogP contribution in [0, 0.1) is 5.82 Å². The highest BCUT2D eigenvalue weighted by Crippen LogP contribution is 2.31. The van der Waals surface area contributed by atoms with E-state index in [0.717, 1.165) is 10.0 Å². The van der Waals surface area contributed by atoms with E-state index in [1.54, 1.807) is 31.2 Å². The molecule has 1 aliphatic rings. The first-order valence-electron chi connectivity index (χ1n) is 9.01. The van der Waals surface area contributed by atoms with Crippen molar-refractivity contribution in [2.45, 2.75) is 13.0 Å². The molecular formula is C22H16BrFN2O3S. The number of allylic oxidation sites excluding steroid dienone is 1. The van der Waals surface area contributed by atoms with Crippen LogP contribution in [-0.2, 0) is 9.53 Å². The van der Waals surface area contributed by atoms with E-state index in [-0.39, 0.29) is 16.7 Å². The Morgan fingerprint density at radius 2 is 2.03 bits per heavy atom. The molecule has 5 nitrogen and oxygen atoms in total. The second-order valence-corrected chi connectivity index (χ2v) is 8.57. The first-order chi connectivity index (χ1) is 14.4. The Hall–Kier alpha value is -2.84. The molecule has 0 saturated heterocycles. The van der Waals surface area contributed by atoms with Gasteiger partial charge in [0, 0.05) is 10.0 Å². The molecule has 0 N–H and O–H groups in total. The largest absolute Gasteiger partial charge is 0.466 e. The molecule has 30 heavy (non-hydrogen) atoms. The maximum atomic E-state index is 14.7. The average Bonchev–Trinajstić information content (AvgIpc) is 3.02. The number of hydrogen-bond donors (Lipinski definition) is 0. The summed E-state index contributed by atoms with van der Waals surface area (Å²) < 4.78 is 22.3. The van der Waals surface area contributed by atoms with E-state index in [4.69, 9.17) is 4.74 Å². The Labute approximate surface area is 183 Å². The smallest absolute Gasteiger partial charge is 0.338 e. The standard InChI is InChI=1S/C22H16BrFN2O3S/c1-12-18(21(28)29-2)19(15-8-3-4-9-16(15)24)26-20(27)17(30-22(26)25-12)11-13-6-5-7-14(23)10-13/h3-11,19H,1-2H3/b17-11-/t19-/m0/s1. The Morgan fingerprint density at radius 1 is 1.27 bits per heavy atom. The molecule has 1 aliphatic heterocycles. The maximum absolute atomic E-state index is 14.7. The Balaban J connectivity index is 2.01. The van der Waals surface area contributed by atoms with Gasteiger partial charge in [-0.2, -0.15) is 0 Å². The average molecular weight is 487 g/mol. The van der Waals surface area contributed by atoms with Crippen molar-refractivity contribution in [1.29, 1.82) is 0 Å². The van der Waals surface area contributed by atoms with Crippen molar-refractivity contribution in [1.82, 2.24) is 4.57 Å². The van der Waals surface area contributed by atoms with Crippen molar-refractivity contribution in [3.05, 3.63) is 101 Å². The number of esters is 1. The second kappa shape index (κ2) is 8.12. The minimum Gasteiger partial charge on any atom is -0.466 e. The summed E-state index contributed by atoms with van der Waals surface area (Å²) in [7, 11) is 1.25. The number of thiazole rings is 1. The zero-order valence-electron chi connectivity index (χ0n) is 16.1. The third-order valence-corrected chi connectivity index (χ3v) is 6.25. The van der Waals surface area contributed by atoms with E-state index in [0.29, 0.717) is 15.0 Å². The molecule has 8 heteroatoms. The number of ether oxygens (including phenoxy) is 1. The van der Waals surface area contributed by atoms with Crippen molar-refractivity contribution < 1.29 is 13.9 Å². The maximum Gasteiger partial charge on any atom is 0.338 e. The van der Waals surface area contributed by atoms with E-state index in [1.807, 2.05) is 24.3 Å². The van der Waals surface area contributed by atoms with E-state index in [2.05, 4.69) is 20.9 Å². The summed E-state index contributed by atoms with van der Waals surface area (Å²) in [5, 5.41) is 0. The fraction of sp³-hybridized carbons (Fsp3) is 0.136. The third kappa shape index (κ3) is 3.57. The first-order valence-corrected chi connectivity index (χ1v) is 10.6. The molecule has 3 aromatic rings. The van der Waals surface area contributed by atoms with Crippen molar-refractivity contribution >= 4 is 39.3 Å². The van der Waals surface area contributed by atoms with Crippen LogP contribution in [0.1, 0.15) is 24.1 Å². The molecule has 1 aromatic heterocycles. The summed E-state index contributed by atoms with van der Waals surface area (Å²) in [5.74, 6) is -1.16. The van der Waals surface area contributed by atoms with Gasteiger partial charge in [-0.05, 0) is 36.8 Å². The lowest BCUT2D eigenvalue weighted by Crippen LogP contribution is -2.40. The van der Waals surface area contributed by atoms with Gasteiger partial charge < -0.3 is 4.74 Å². The molecule has 0 aliphatic carbocycles. The predicted molar refractivity (Wildman–Crippen MR) is 116 cm³/mol. The van der Waals surface area contributed by atoms with Crippen LogP contribution in [0.3, 0.4) is 0 Å². The summed E-state index contributed by atoms with van der Waals surface area (Å²) in [6, 6.07) is 12.7. The molecule has 1 atom stereocenters. The predicted octanol–water partition coefficient (Wildman–Crippen LogP) is 3.31. The fourth-order valence-electron chi connectivity index (χ4n) is 3.43. The Bertz CT molecular complexity index is 1370. The number of aromatic nitrogens is 1. The van der Waals surface area contributed by atoms with E-state index >= 15 is 0 Å². The van der Waals surface area contributed by atoms with Crippen molar-refractivity contribution in [2.75, 3.05) is 7.11 Å². The van der Waals surface area contributed by atoms with Gasteiger partial charge >= 0.3 is 5.97 Å². The number of methoxy groups -OCH3 is 1. The highest BCUT2D eigenvalue weighted by molar-refractivity contribution is 9.10. The zero-order valence-corrected chi connectivity index (χ0v) is 18.5. The Morgan fingerprint density at radius 3 is 2.73 bits per heavy atom. The molecule has 0 spiro atoms. The lowest BCUT2D eigenvalue weighted by Gasteiger charge is -2.24. The lowest BCUT2D eigenvalue weighted by molar-refractivity contribution is -0.136. The number of hydrogen-bond acceptors (Lipinski definition) is 5. The highest BCUT2D eigenvalue weighted by atomic mass is 79.9. The molecular weight excluding hydrogens is 471 g/mol. The Kier molecular flexibility index (Phi) is 5.53. The van der Waals surface area contributed by atoms with Crippen molar-refractivity contribution in [3.8, 4) is 0 Å². The van der Waals surface area contributed by atoms with Crippen molar-refractivity contribution in [3.63, 3.8) is 0 Å². The number of nitrogens with zero attached hydrogens (tertiary/aromatic N) is 2. The number of fused-ring (bicyclic) bond motifs is 1. The summed E-state index contributed by atoms with van der Waals surface area (Å²) in [5.41, 5.74) is 1.23. The number of rotatable bonds is 3. The van der Waals surface area contributed by atoms with Crippen LogP contribution in [0.2, 0.25) is 0 Å². The minimum atomic E-state index is -0.959. The molecule has 0 bridgehead atoms. The topological polar surface area (TPSA) is 60.7 Å². The number of benzene rings is 2. The molecule has 0 fully saturated rings. The molecule has 2 heterocycles. The van der Waals surface area contributed by atoms with Crippen LogP contribution in [0.15, 0.2) is 74.1 Å². The van der Waals surface area contributed by atoms with Crippen LogP contribution in [0.25, 0.3) is 6.08 Å². The van der Waals surface area contributed by atoms with Crippen LogP contribution in [0.5, 0.6) is 0 Å². The van der Waals surface area contributed by atoms with Gasteiger partial charge in [-0.25, -0.2) is 14.2 Å². The van der Waals surface area contributed by atoms with E-state index in [1.165, 1.54) is 29.1 Å². The van der Waals surface area contributed by atoms with Gasteiger partial charge in [0.1, 0.15) is 11.9 Å². The van der Waals surface area contributed by atoms with Crippen LogP contribution < -0.4 is 14.9 Å². The second-order valence-electron chi connectivity index (χ2n) is 6.65. The monoisotopic (exact) mass is 486 g/mol. The molecule has 4 rings (SSSR count). The van der Waals surface area contributed by atoms with Gasteiger partial charge in [0.25, 0.3) is 5.56 Å². The lowest BCUT2D eigenvalue weighted by atomic mass is 9.95. The number of halogens is 2. The zero-order chi connectivity index (χ0) is 21.4.